The van der Waals surface area contributed by atoms with E-state index in [2.05, 4.69) is 11.8 Å². The van der Waals surface area contributed by atoms with Crippen molar-refractivity contribution < 1.29 is 9.31 Å². The van der Waals surface area contributed by atoms with Crippen LogP contribution in [0.15, 0.2) is 0 Å². The zero-order valence-electron chi connectivity index (χ0n) is 10.8. The molecule has 0 saturated carbocycles. The van der Waals surface area contributed by atoms with Gasteiger partial charge in [-0.25, -0.2) is 0 Å². The Hall–Kier alpha value is -0.165. The molecule has 0 aromatic rings. The number of unbranched alkanes of at least 4 members (excludes halogenated alkanes) is 1. The van der Waals surface area contributed by atoms with Crippen LogP contribution in [-0.4, -0.2) is 25.2 Å². The van der Waals surface area contributed by atoms with E-state index in [0.717, 1.165) is 12.8 Å². The summed E-state index contributed by atoms with van der Waals surface area (Å²) in [6.07, 6.45) is 2.73. The maximum atomic E-state index is 5.62. The molecule has 0 heterocycles. The maximum Gasteiger partial charge on any atom is 0.469 e. The van der Waals surface area contributed by atoms with Gasteiger partial charge in [-0.05, 0) is 34.1 Å². The molecule has 0 N–H and O–H groups in total. The van der Waals surface area contributed by atoms with E-state index in [1.807, 2.05) is 27.7 Å². The van der Waals surface area contributed by atoms with Crippen LogP contribution >= 0.6 is 11.6 Å². The summed E-state index contributed by atoms with van der Waals surface area (Å²) in [6, 6.07) is 0. The zero-order valence-corrected chi connectivity index (χ0v) is 11.5. The van der Waals surface area contributed by atoms with Crippen LogP contribution in [0.5, 0.6) is 0 Å². The smallest absolute Gasteiger partial charge is 0.408 e. The highest BCUT2D eigenvalue weighted by atomic mass is 35.5. The molecule has 0 aromatic heterocycles. The Labute approximate surface area is 105 Å². The average Bonchev–Trinajstić information content (AvgIpc) is 2.15. The van der Waals surface area contributed by atoms with Crippen molar-refractivity contribution in [3.8, 4) is 11.8 Å². The summed E-state index contributed by atoms with van der Waals surface area (Å²) >= 11 is 5.56. The van der Waals surface area contributed by atoms with Crippen LogP contribution in [0, 0.1) is 11.8 Å². The van der Waals surface area contributed by atoms with E-state index >= 15 is 0 Å². The van der Waals surface area contributed by atoms with Crippen LogP contribution in [0.4, 0.5) is 0 Å². The molecule has 2 nitrogen and oxygen atoms in total. The molecule has 16 heavy (non-hydrogen) atoms. The molecule has 4 heteroatoms. The summed E-state index contributed by atoms with van der Waals surface area (Å²) in [5.41, 5.74) is 0. The van der Waals surface area contributed by atoms with Crippen molar-refractivity contribution in [2.24, 2.45) is 0 Å². The first-order valence-electron chi connectivity index (χ1n) is 5.88. The summed E-state index contributed by atoms with van der Waals surface area (Å²) in [5, 5.41) is 0. The van der Waals surface area contributed by atoms with Gasteiger partial charge in [0.25, 0.3) is 0 Å². The van der Waals surface area contributed by atoms with E-state index < -0.39 is 0 Å². The predicted octanol–water partition coefficient (Wildman–Crippen LogP) is 3.35. The summed E-state index contributed by atoms with van der Waals surface area (Å²) in [7, 11) is -0.219. The van der Waals surface area contributed by atoms with Crippen LogP contribution in [0.3, 0.4) is 0 Å². The first-order chi connectivity index (χ1) is 7.56. The van der Waals surface area contributed by atoms with Crippen LogP contribution in [-0.2, 0) is 9.31 Å². The lowest BCUT2D eigenvalue weighted by Crippen LogP contribution is -2.28. The van der Waals surface area contributed by atoms with E-state index in [9.17, 15) is 0 Å². The van der Waals surface area contributed by atoms with Crippen LogP contribution in [0.2, 0.25) is 6.32 Å². The van der Waals surface area contributed by atoms with Gasteiger partial charge in [-0.3, -0.25) is 0 Å². The van der Waals surface area contributed by atoms with E-state index in [1.54, 1.807) is 0 Å². The molecule has 0 aliphatic carbocycles. The van der Waals surface area contributed by atoms with Crippen LogP contribution in [0.25, 0.3) is 0 Å². The normalized spacial score (nSPS) is 10.4. The van der Waals surface area contributed by atoms with Gasteiger partial charge >= 0.3 is 7.12 Å². The molecule has 0 fully saturated rings. The highest BCUT2D eigenvalue weighted by Crippen LogP contribution is 2.04. The van der Waals surface area contributed by atoms with Gasteiger partial charge in [-0.15, -0.1) is 23.4 Å². The molecule has 0 saturated heterocycles. The van der Waals surface area contributed by atoms with Gasteiger partial charge in [0, 0.05) is 30.8 Å². The molecule has 0 radical (unpaired) electrons. The van der Waals surface area contributed by atoms with Crippen molar-refractivity contribution in [1.82, 2.24) is 0 Å². The lowest BCUT2D eigenvalue weighted by molar-refractivity contribution is 0.132. The van der Waals surface area contributed by atoms with Gasteiger partial charge in [0.1, 0.15) is 0 Å². The van der Waals surface area contributed by atoms with E-state index in [4.69, 9.17) is 20.9 Å². The minimum Gasteiger partial charge on any atom is -0.408 e. The van der Waals surface area contributed by atoms with E-state index in [1.165, 1.54) is 0 Å². The first-order valence-corrected chi connectivity index (χ1v) is 6.42. The fraction of sp³-hybridized carbons (Fsp3) is 0.833. The summed E-state index contributed by atoms with van der Waals surface area (Å²) < 4.78 is 11.2. The number of hydrogen-bond donors (Lipinski definition) is 0. The lowest BCUT2D eigenvalue weighted by Gasteiger charge is -2.17. The Balaban J connectivity index is 3.93. The summed E-state index contributed by atoms with van der Waals surface area (Å²) in [6.45, 7) is 7.99. The highest BCUT2D eigenvalue weighted by Gasteiger charge is 2.19. The molecule has 0 amide bonds. The second-order valence-corrected chi connectivity index (χ2v) is 4.53. The molecule has 0 aliphatic heterocycles. The Kier molecular flexibility index (Phi) is 9.92. The average molecular weight is 245 g/mol. The van der Waals surface area contributed by atoms with Gasteiger partial charge in [0.05, 0.1) is 0 Å². The van der Waals surface area contributed by atoms with Gasteiger partial charge in [0.2, 0.25) is 0 Å². The number of alkyl halides is 1. The van der Waals surface area contributed by atoms with Crippen molar-refractivity contribution in [2.75, 3.05) is 5.88 Å². The third-order valence-corrected chi connectivity index (χ3v) is 1.94. The third kappa shape index (κ3) is 10.4. The summed E-state index contributed by atoms with van der Waals surface area (Å²) in [4.78, 5) is 0. The SMILES string of the molecule is CC(C)OB(CC#CCCCCl)OC(C)C. The second-order valence-electron chi connectivity index (χ2n) is 4.15. The molecular weight excluding hydrogens is 222 g/mol. The number of rotatable bonds is 7. The Morgan fingerprint density at radius 1 is 1.06 bits per heavy atom. The van der Waals surface area contributed by atoms with Gasteiger partial charge in [-0.1, -0.05) is 0 Å². The molecule has 0 spiro atoms. The lowest BCUT2D eigenvalue weighted by atomic mass is 9.84. The molecule has 0 aromatic carbocycles. The minimum atomic E-state index is -0.219. The molecule has 0 aliphatic rings. The van der Waals surface area contributed by atoms with Gasteiger partial charge in [0.15, 0.2) is 0 Å². The fourth-order valence-electron chi connectivity index (χ4n) is 1.13. The quantitative estimate of drug-likeness (QED) is 0.296. The molecule has 0 rings (SSSR count). The van der Waals surface area contributed by atoms with Crippen molar-refractivity contribution in [1.29, 1.82) is 0 Å². The molecule has 0 unspecified atom stereocenters. The third-order valence-electron chi connectivity index (χ3n) is 1.68. The largest absolute Gasteiger partial charge is 0.469 e. The van der Waals surface area contributed by atoms with Gasteiger partial charge < -0.3 is 9.31 Å². The summed E-state index contributed by atoms with van der Waals surface area (Å²) in [5.74, 6) is 6.81. The molecule has 0 atom stereocenters. The van der Waals surface area contributed by atoms with Crippen molar-refractivity contribution in [3.63, 3.8) is 0 Å². The van der Waals surface area contributed by atoms with Crippen molar-refractivity contribution in [3.05, 3.63) is 0 Å². The minimum absolute atomic E-state index is 0.161. The number of halogens is 1. The van der Waals surface area contributed by atoms with E-state index in [0.29, 0.717) is 12.2 Å². The van der Waals surface area contributed by atoms with Crippen molar-refractivity contribution in [2.45, 2.75) is 59.1 Å². The molecule has 0 bridgehead atoms. The van der Waals surface area contributed by atoms with Crippen molar-refractivity contribution >= 4 is 18.7 Å². The predicted molar refractivity (Wildman–Crippen MR) is 70.7 cm³/mol. The monoisotopic (exact) mass is 244 g/mol. The van der Waals surface area contributed by atoms with Crippen LogP contribution in [0.1, 0.15) is 40.5 Å². The van der Waals surface area contributed by atoms with E-state index in [-0.39, 0.29) is 19.3 Å². The number of hydrogen-bond acceptors (Lipinski definition) is 2. The Morgan fingerprint density at radius 2 is 1.62 bits per heavy atom. The topological polar surface area (TPSA) is 18.5 Å². The fourth-order valence-corrected chi connectivity index (χ4v) is 1.27. The standard InChI is InChI=1S/C12H22BClO2/c1-11(2)15-13(16-12(3)4)9-7-5-6-8-10-14/h11-12H,6,8-10H2,1-4H3. The molecular formula is C12H22BClO2. The zero-order chi connectivity index (χ0) is 12.4. The van der Waals surface area contributed by atoms with Crippen LogP contribution < -0.4 is 0 Å². The highest BCUT2D eigenvalue weighted by molar-refractivity contribution is 6.45. The Bertz CT molecular complexity index is 211. The Morgan fingerprint density at radius 3 is 2.06 bits per heavy atom. The van der Waals surface area contributed by atoms with Gasteiger partial charge in [-0.2, -0.15) is 0 Å². The first kappa shape index (κ1) is 15.8. The molecule has 92 valence electrons. The second kappa shape index (κ2) is 10.0. The maximum absolute atomic E-state index is 5.62.